The van der Waals surface area contributed by atoms with E-state index in [1.165, 1.54) is 22.3 Å². The Labute approximate surface area is 319 Å². The molecule has 0 saturated carbocycles. The van der Waals surface area contributed by atoms with Gasteiger partial charge in [-0.25, -0.2) is 10.0 Å². The molecule has 1 aliphatic rings. The van der Waals surface area contributed by atoms with Crippen LogP contribution in [0.15, 0.2) is 107 Å². The van der Waals surface area contributed by atoms with Crippen molar-refractivity contribution in [3.05, 3.63) is 113 Å². The molecule has 0 unspecified atom stereocenters. The Balaban J connectivity index is 1.18. The van der Waals surface area contributed by atoms with Crippen molar-refractivity contribution in [1.82, 2.24) is 25.6 Å². The second-order valence-electron chi connectivity index (χ2n) is 14.0. The molecule has 274 valence electrons. The van der Waals surface area contributed by atoms with Crippen LogP contribution in [0.3, 0.4) is 0 Å². The van der Waals surface area contributed by atoms with E-state index < -0.39 is 5.25 Å². The minimum atomic E-state index is -0.819. The van der Waals surface area contributed by atoms with Gasteiger partial charge in [-0.05, 0) is 94.3 Å². The maximum absolute atomic E-state index is 14.0. The first-order valence-electron chi connectivity index (χ1n) is 17.5. The van der Waals surface area contributed by atoms with E-state index in [9.17, 15) is 9.59 Å². The number of aromatic nitrogens is 4. The van der Waals surface area contributed by atoms with Crippen LogP contribution in [0.2, 0.25) is 5.02 Å². The zero-order valence-electron chi connectivity index (χ0n) is 30.6. The van der Waals surface area contributed by atoms with Gasteiger partial charge in [-0.2, -0.15) is 4.68 Å². The fourth-order valence-corrected chi connectivity index (χ4v) is 6.78. The molecule has 1 saturated heterocycles. The SMILES string of the molecule is CCC(C)(C)c1ccc(OCC(=O)Nc2ccc(N3NC(=Nc4ccccc4Cl)[C@@H](Sc4nnnn4-c4ccccc4)C3=O)cc2)c(C(C)(C)CC)c1. The van der Waals surface area contributed by atoms with Gasteiger partial charge >= 0.3 is 0 Å². The number of thioether (sulfide) groups is 1. The van der Waals surface area contributed by atoms with Crippen LogP contribution in [-0.2, 0) is 20.4 Å². The zero-order valence-corrected chi connectivity index (χ0v) is 32.2. The van der Waals surface area contributed by atoms with Gasteiger partial charge in [0.1, 0.15) is 11.6 Å². The fraction of sp³-hybridized carbons (Fsp3) is 0.300. The molecule has 0 bridgehead atoms. The summed E-state index contributed by atoms with van der Waals surface area (Å²) < 4.78 is 7.70. The average molecular weight is 751 g/mol. The highest BCUT2D eigenvalue weighted by Gasteiger charge is 2.41. The van der Waals surface area contributed by atoms with Crippen LogP contribution in [0, 0.1) is 0 Å². The number of carbonyl (C=O) groups is 2. The monoisotopic (exact) mass is 750 g/mol. The number of ether oxygens (including phenoxy) is 1. The largest absolute Gasteiger partial charge is 0.483 e. The molecule has 2 heterocycles. The molecule has 13 heteroatoms. The van der Waals surface area contributed by atoms with Gasteiger partial charge in [-0.15, -0.1) is 5.10 Å². The predicted molar refractivity (Wildman–Crippen MR) is 212 cm³/mol. The number of amides is 2. The molecule has 2 amide bonds. The fourth-order valence-electron chi connectivity index (χ4n) is 5.64. The quantitative estimate of drug-likeness (QED) is 0.123. The third-order valence-corrected chi connectivity index (χ3v) is 11.1. The number of tetrazole rings is 1. The summed E-state index contributed by atoms with van der Waals surface area (Å²) >= 11 is 7.62. The number of carbonyl (C=O) groups excluding carboxylic acids is 2. The Bertz CT molecular complexity index is 2120. The molecule has 4 aromatic carbocycles. The number of hydrazine groups is 1. The number of hydrogen-bond acceptors (Lipinski definition) is 8. The van der Waals surface area contributed by atoms with Crippen LogP contribution in [0.5, 0.6) is 5.75 Å². The molecule has 11 nitrogen and oxygen atoms in total. The Morgan fingerprint density at radius 1 is 0.925 bits per heavy atom. The van der Waals surface area contributed by atoms with Crippen molar-refractivity contribution in [3.63, 3.8) is 0 Å². The van der Waals surface area contributed by atoms with E-state index in [0.717, 1.165) is 24.1 Å². The molecule has 0 aliphatic carbocycles. The van der Waals surface area contributed by atoms with Crippen molar-refractivity contribution in [3.8, 4) is 11.4 Å². The van der Waals surface area contributed by atoms with E-state index in [0.29, 0.717) is 38.8 Å². The maximum Gasteiger partial charge on any atom is 0.267 e. The summed E-state index contributed by atoms with van der Waals surface area (Å²) in [6, 6.07) is 29.8. The molecule has 6 rings (SSSR count). The lowest BCUT2D eigenvalue weighted by Gasteiger charge is -2.30. The molecule has 1 aromatic heterocycles. The number of benzene rings is 4. The molecule has 53 heavy (non-hydrogen) atoms. The molecule has 1 aliphatic heterocycles. The number of amidine groups is 1. The molecular formula is C40H43ClN8O3S. The van der Waals surface area contributed by atoms with Crippen molar-refractivity contribution in [1.29, 1.82) is 0 Å². The molecule has 0 spiro atoms. The minimum Gasteiger partial charge on any atom is -0.483 e. The number of nitrogens with one attached hydrogen (secondary N) is 2. The summed E-state index contributed by atoms with van der Waals surface area (Å²) in [5, 5.41) is 16.5. The predicted octanol–water partition coefficient (Wildman–Crippen LogP) is 8.45. The van der Waals surface area contributed by atoms with E-state index in [1.807, 2.05) is 48.5 Å². The molecule has 1 atom stereocenters. The first kappa shape index (κ1) is 37.6. The normalized spacial score (nSPS) is 15.5. The Kier molecular flexibility index (Phi) is 11.2. The number of nitrogens with zero attached hydrogens (tertiary/aromatic N) is 6. The van der Waals surface area contributed by atoms with Crippen molar-refractivity contribution < 1.29 is 14.3 Å². The lowest BCUT2D eigenvalue weighted by atomic mass is 9.76. The Morgan fingerprint density at radius 3 is 2.32 bits per heavy atom. The number of halogens is 1. The Hall–Kier alpha value is -5.20. The van der Waals surface area contributed by atoms with Crippen LogP contribution in [0.4, 0.5) is 17.1 Å². The second kappa shape index (κ2) is 15.8. The van der Waals surface area contributed by atoms with Gasteiger partial charge in [-0.1, -0.05) is 107 Å². The number of rotatable bonds is 13. The van der Waals surface area contributed by atoms with Gasteiger partial charge in [0.25, 0.3) is 11.8 Å². The van der Waals surface area contributed by atoms with Crippen molar-refractivity contribution in [2.75, 3.05) is 16.9 Å². The van der Waals surface area contributed by atoms with E-state index in [1.54, 1.807) is 41.1 Å². The first-order chi connectivity index (χ1) is 25.4. The van der Waals surface area contributed by atoms with Crippen molar-refractivity contribution in [2.24, 2.45) is 4.99 Å². The topological polar surface area (TPSA) is 127 Å². The van der Waals surface area contributed by atoms with Crippen LogP contribution < -0.4 is 20.5 Å². The summed E-state index contributed by atoms with van der Waals surface area (Å²) in [5.74, 6) is 0.485. The van der Waals surface area contributed by atoms with Crippen LogP contribution in [-0.4, -0.2) is 49.7 Å². The summed E-state index contributed by atoms with van der Waals surface area (Å²) in [6.45, 7) is 13.1. The van der Waals surface area contributed by atoms with Gasteiger partial charge < -0.3 is 10.1 Å². The highest BCUT2D eigenvalue weighted by Crippen LogP contribution is 2.39. The lowest BCUT2D eigenvalue weighted by molar-refractivity contribution is -0.118. The summed E-state index contributed by atoms with van der Waals surface area (Å²) in [7, 11) is 0. The first-order valence-corrected chi connectivity index (χ1v) is 18.8. The lowest BCUT2D eigenvalue weighted by Crippen LogP contribution is -2.35. The minimum absolute atomic E-state index is 0.0281. The van der Waals surface area contributed by atoms with Gasteiger partial charge in [0.15, 0.2) is 11.9 Å². The van der Waals surface area contributed by atoms with Crippen LogP contribution >= 0.6 is 23.4 Å². The third kappa shape index (κ3) is 8.39. The zero-order chi connectivity index (χ0) is 37.8. The molecular weight excluding hydrogens is 708 g/mol. The van der Waals surface area contributed by atoms with Gasteiger partial charge in [-0.3, -0.25) is 15.0 Å². The summed E-state index contributed by atoms with van der Waals surface area (Å²) in [5.41, 5.74) is 7.75. The average Bonchev–Trinajstić information content (AvgIpc) is 3.76. The maximum atomic E-state index is 14.0. The van der Waals surface area contributed by atoms with Crippen molar-refractivity contribution >= 4 is 58.1 Å². The smallest absolute Gasteiger partial charge is 0.267 e. The highest BCUT2D eigenvalue weighted by atomic mass is 35.5. The van der Waals surface area contributed by atoms with E-state index in [-0.39, 0.29) is 29.3 Å². The molecule has 5 aromatic rings. The third-order valence-electron chi connectivity index (χ3n) is 9.70. The number of anilines is 2. The Morgan fingerprint density at radius 2 is 1.62 bits per heavy atom. The van der Waals surface area contributed by atoms with E-state index in [2.05, 4.69) is 79.9 Å². The van der Waals surface area contributed by atoms with Crippen molar-refractivity contribution in [2.45, 2.75) is 75.6 Å². The number of hydrogen-bond donors (Lipinski definition) is 2. The second-order valence-corrected chi connectivity index (χ2v) is 15.5. The van der Waals surface area contributed by atoms with Gasteiger partial charge in [0.05, 0.1) is 22.1 Å². The standard InChI is InChI=1S/C40H43ClN8O3S/c1-7-39(3,4)26-18-23-33(30(24-26)40(5,6)8-2)52-25-34(50)42-27-19-21-29(22-20-27)48-37(51)35(36(45-48)43-32-17-13-12-16-31(32)41)53-38-44-46-47-49(38)28-14-10-9-11-15-28/h9-24,35H,7-8,25H2,1-6H3,(H,42,50)(H,43,45)/t35-/m1/s1. The van der Waals surface area contributed by atoms with E-state index in [4.69, 9.17) is 21.3 Å². The highest BCUT2D eigenvalue weighted by molar-refractivity contribution is 8.01. The van der Waals surface area contributed by atoms with E-state index >= 15 is 0 Å². The molecule has 0 radical (unpaired) electrons. The summed E-state index contributed by atoms with van der Waals surface area (Å²) in [6.07, 6.45) is 1.93. The van der Waals surface area contributed by atoms with Crippen LogP contribution in [0.1, 0.15) is 65.5 Å². The molecule has 2 N–H and O–H groups in total. The number of para-hydroxylation sites is 2. The van der Waals surface area contributed by atoms with Gasteiger partial charge in [0.2, 0.25) is 5.16 Å². The van der Waals surface area contributed by atoms with Crippen LogP contribution in [0.25, 0.3) is 5.69 Å². The summed E-state index contributed by atoms with van der Waals surface area (Å²) in [4.78, 5) is 31.9. The number of aliphatic imine (C=N–C) groups is 1. The van der Waals surface area contributed by atoms with Gasteiger partial charge in [0, 0.05) is 11.3 Å². The molecule has 1 fully saturated rings.